The van der Waals surface area contributed by atoms with Gasteiger partial charge in [0.15, 0.2) is 0 Å². The Bertz CT molecular complexity index is 659. The summed E-state index contributed by atoms with van der Waals surface area (Å²) in [5.74, 6) is 0.440. The van der Waals surface area contributed by atoms with Crippen LogP contribution in [0.2, 0.25) is 0 Å². The van der Waals surface area contributed by atoms with Crippen molar-refractivity contribution in [2.24, 2.45) is 0 Å². The minimum atomic E-state index is -0.125. The van der Waals surface area contributed by atoms with Gasteiger partial charge in [0, 0.05) is 6.54 Å². The van der Waals surface area contributed by atoms with Gasteiger partial charge in [0.25, 0.3) is 5.91 Å². The van der Waals surface area contributed by atoms with Gasteiger partial charge in [0.05, 0.1) is 11.7 Å². The molecule has 0 spiro atoms. The first-order valence-electron chi connectivity index (χ1n) is 7.90. The van der Waals surface area contributed by atoms with E-state index in [4.69, 9.17) is 4.52 Å². The van der Waals surface area contributed by atoms with E-state index in [1.54, 1.807) is 6.92 Å². The van der Waals surface area contributed by atoms with Gasteiger partial charge in [-0.25, -0.2) is 0 Å². The quantitative estimate of drug-likeness (QED) is 0.890. The van der Waals surface area contributed by atoms with Crippen LogP contribution in [0.4, 0.5) is 0 Å². The highest BCUT2D eigenvalue weighted by Crippen LogP contribution is 2.19. The fourth-order valence-electron chi connectivity index (χ4n) is 2.62. The predicted octanol–water partition coefficient (Wildman–Crippen LogP) is 2.89. The van der Waals surface area contributed by atoms with E-state index in [1.807, 2.05) is 21.0 Å². The molecule has 5 nitrogen and oxygen atoms in total. The minimum absolute atomic E-state index is 0.116. The zero-order chi connectivity index (χ0) is 17.0. The summed E-state index contributed by atoms with van der Waals surface area (Å²) < 4.78 is 5.14. The zero-order valence-electron chi connectivity index (χ0n) is 14.5. The number of benzene rings is 1. The maximum Gasteiger partial charge on any atom is 0.256 e. The number of nitrogens with zero attached hydrogens (tertiary/aromatic N) is 2. The number of amides is 1. The lowest BCUT2D eigenvalue weighted by molar-refractivity contribution is 0.0939. The number of hydrogen-bond donors (Lipinski definition) is 1. The summed E-state index contributed by atoms with van der Waals surface area (Å²) in [6.45, 7) is 6.33. The van der Waals surface area contributed by atoms with Crippen molar-refractivity contribution < 1.29 is 9.32 Å². The Morgan fingerprint density at radius 2 is 1.91 bits per heavy atom. The number of rotatable bonds is 6. The number of carbonyl (C=O) groups excluding carboxylic acids is 1. The average molecular weight is 315 g/mol. The number of carbonyl (C=O) groups is 1. The Balaban J connectivity index is 2.11. The highest BCUT2D eigenvalue weighted by molar-refractivity contribution is 5.96. The monoisotopic (exact) mass is 315 g/mol. The van der Waals surface area contributed by atoms with E-state index >= 15 is 0 Å². The van der Waals surface area contributed by atoms with Crippen LogP contribution < -0.4 is 5.32 Å². The van der Waals surface area contributed by atoms with Crippen molar-refractivity contribution in [1.82, 2.24) is 15.4 Å². The van der Waals surface area contributed by atoms with Crippen LogP contribution >= 0.6 is 0 Å². The Hall–Kier alpha value is -2.14. The molecule has 0 saturated carbocycles. The largest absolute Gasteiger partial charge is 0.361 e. The second kappa shape index (κ2) is 7.42. The van der Waals surface area contributed by atoms with Gasteiger partial charge >= 0.3 is 0 Å². The van der Waals surface area contributed by atoms with Crippen molar-refractivity contribution in [3.63, 3.8) is 0 Å². The molecule has 124 valence electrons. The molecule has 1 unspecified atom stereocenters. The smallest absolute Gasteiger partial charge is 0.256 e. The molecule has 1 atom stereocenters. The molecule has 1 amide bonds. The molecule has 0 bridgehead atoms. The lowest BCUT2D eigenvalue weighted by Crippen LogP contribution is -2.35. The van der Waals surface area contributed by atoms with Crippen LogP contribution in [0.25, 0.3) is 0 Å². The number of aryl methyl sites for hydroxylation is 3. The van der Waals surface area contributed by atoms with E-state index in [-0.39, 0.29) is 11.9 Å². The number of nitrogens with one attached hydrogen (secondary N) is 1. The van der Waals surface area contributed by atoms with Crippen molar-refractivity contribution in [3.05, 3.63) is 52.4 Å². The SMILES string of the molecule is CCc1noc(C)c1C(=O)NCC(c1ccc(C)cc1)N(C)C. The highest BCUT2D eigenvalue weighted by atomic mass is 16.5. The van der Waals surface area contributed by atoms with Crippen LogP contribution in [-0.4, -0.2) is 36.6 Å². The van der Waals surface area contributed by atoms with E-state index in [0.717, 1.165) is 0 Å². The summed E-state index contributed by atoms with van der Waals surface area (Å²) in [6.07, 6.45) is 0.676. The van der Waals surface area contributed by atoms with E-state index < -0.39 is 0 Å². The summed E-state index contributed by atoms with van der Waals surface area (Å²) in [4.78, 5) is 14.6. The average Bonchev–Trinajstić information content (AvgIpc) is 2.89. The summed E-state index contributed by atoms with van der Waals surface area (Å²) in [5, 5.41) is 6.95. The molecule has 5 heteroatoms. The van der Waals surface area contributed by atoms with Gasteiger partial charge in [-0.2, -0.15) is 0 Å². The molecule has 0 aliphatic heterocycles. The second-order valence-electron chi connectivity index (χ2n) is 6.01. The van der Waals surface area contributed by atoms with Gasteiger partial charge in [-0.15, -0.1) is 0 Å². The molecule has 23 heavy (non-hydrogen) atoms. The van der Waals surface area contributed by atoms with Crippen LogP contribution in [0.3, 0.4) is 0 Å². The van der Waals surface area contributed by atoms with Crippen molar-refractivity contribution in [3.8, 4) is 0 Å². The molecule has 0 saturated heterocycles. The van der Waals surface area contributed by atoms with Crippen LogP contribution in [0.5, 0.6) is 0 Å². The number of aromatic nitrogens is 1. The van der Waals surface area contributed by atoms with Crippen molar-refractivity contribution in [1.29, 1.82) is 0 Å². The molecule has 0 fully saturated rings. The van der Waals surface area contributed by atoms with E-state index in [9.17, 15) is 4.79 Å². The van der Waals surface area contributed by atoms with Crippen LogP contribution in [0.1, 0.15) is 45.9 Å². The lowest BCUT2D eigenvalue weighted by atomic mass is 10.0. The molecule has 0 aliphatic rings. The molecule has 2 aromatic rings. The lowest BCUT2D eigenvalue weighted by Gasteiger charge is -2.25. The Morgan fingerprint density at radius 3 is 2.48 bits per heavy atom. The third-order valence-electron chi connectivity index (χ3n) is 4.04. The zero-order valence-corrected chi connectivity index (χ0v) is 14.5. The molecule has 0 aliphatic carbocycles. The molecule has 0 radical (unpaired) electrons. The molecule has 1 aromatic heterocycles. The Kier molecular flexibility index (Phi) is 5.55. The van der Waals surface area contributed by atoms with Gasteiger partial charge in [-0.3, -0.25) is 4.79 Å². The Morgan fingerprint density at radius 1 is 1.26 bits per heavy atom. The van der Waals surface area contributed by atoms with Gasteiger partial charge in [0.1, 0.15) is 11.3 Å². The number of likely N-dealkylation sites (N-methyl/N-ethyl adjacent to an activating group) is 1. The summed E-state index contributed by atoms with van der Waals surface area (Å²) in [5.41, 5.74) is 3.67. The number of hydrogen-bond acceptors (Lipinski definition) is 4. The fourth-order valence-corrected chi connectivity index (χ4v) is 2.62. The molecular formula is C18H25N3O2. The van der Waals surface area contributed by atoms with E-state index in [0.29, 0.717) is 30.0 Å². The highest BCUT2D eigenvalue weighted by Gasteiger charge is 2.21. The first-order chi connectivity index (χ1) is 10.9. The Labute approximate surface area is 137 Å². The third-order valence-corrected chi connectivity index (χ3v) is 4.04. The molecule has 1 aromatic carbocycles. The standard InChI is InChI=1S/C18H25N3O2/c1-6-15-17(13(3)23-20-15)18(22)19-11-16(21(4)5)14-9-7-12(2)8-10-14/h7-10,16H,6,11H2,1-5H3,(H,19,22). The van der Waals surface area contributed by atoms with Gasteiger partial charge < -0.3 is 14.7 Å². The molecular weight excluding hydrogens is 290 g/mol. The fraction of sp³-hybridized carbons (Fsp3) is 0.444. The molecule has 2 rings (SSSR count). The summed E-state index contributed by atoms with van der Waals surface area (Å²) in [7, 11) is 4.03. The summed E-state index contributed by atoms with van der Waals surface area (Å²) in [6, 6.07) is 8.51. The van der Waals surface area contributed by atoms with E-state index in [1.165, 1.54) is 11.1 Å². The van der Waals surface area contributed by atoms with Gasteiger partial charge in [0.2, 0.25) is 0 Å². The first-order valence-corrected chi connectivity index (χ1v) is 7.90. The van der Waals surface area contributed by atoms with Crippen LogP contribution in [-0.2, 0) is 6.42 Å². The molecule has 1 N–H and O–H groups in total. The van der Waals surface area contributed by atoms with Gasteiger partial charge in [-0.05, 0) is 39.9 Å². The predicted molar refractivity (Wildman–Crippen MR) is 90.6 cm³/mol. The third kappa shape index (κ3) is 3.99. The van der Waals surface area contributed by atoms with Crippen LogP contribution in [0, 0.1) is 13.8 Å². The maximum absolute atomic E-state index is 12.5. The normalized spacial score (nSPS) is 12.4. The van der Waals surface area contributed by atoms with Crippen LogP contribution in [0.15, 0.2) is 28.8 Å². The van der Waals surface area contributed by atoms with Crippen molar-refractivity contribution >= 4 is 5.91 Å². The molecule has 1 heterocycles. The second-order valence-corrected chi connectivity index (χ2v) is 6.01. The van der Waals surface area contributed by atoms with Crippen molar-refractivity contribution in [2.75, 3.05) is 20.6 Å². The first kappa shape index (κ1) is 17.2. The maximum atomic E-state index is 12.5. The topological polar surface area (TPSA) is 58.4 Å². The van der Waals surface area contributed by atoms with E-state index in [2.05, 4.69) is 46.6 Å². The van der Waals surface area contributed by atoms with Gasteiger partial charge in [-0.1, -0.05) is 41.9 Å². The van der Waals surface area contributed by atoms with Crippen molar-refractivity contribution in [2.45, 2.75) is 33.2 Å². The summed E-state index contributed by atoms with van der Waals surface area (Å²) >= 11 is 0. The minimum Gasteiger partial charge on any atom is -0.361 e.